The van der Waals surface area contributed by atoms with Gasteiger partial charge in [0.2, 0.25) is 0 Å². The first-order valence-corrected chi connectivity index (χ1v) is 7.48. The number of likely N-dealkylation sites (N-methyl/N-ethyl adjacent to an activating group) is 1. The van der Waals surface area contributed by atoms with Gasteiger partial charge in [0.1, 0.15) is 0 Å². The van der Waals surface area contributed by atoms with E-state index in [1.165, 1.54) is 25.7 Å². The summed E-state index contributed by atoms with van der Waals surface area (Å²) in [6, 6.07) is 1.98. The Morgan fingerprint density at radius 3 is 2.95 bits per heavy atom. The summed E-state index contributed by atoms with van der Waals surface area (Å²) in [5, 5.41) is 7.86. The van der Waals surface area contributed by atoms with Crippen molar-refractivity contribution in [2.75, 3.05) is 27.2 Å². The number of nitrogens with one attached hydrogen (secondary N) is 1. The van der Waals surface area contributed by atoms with Crippen LogP contribution in [0.25, 0.3) is 0 Å². The third-order valence-corrected chi connectivity index (χ3v) is 4.55. The van der Waals surface area contributed by atoms with Crippen molar-refractivity contribution in [2.24, 2.45) is 5.92 Å². The van der Waals surface area contributed by atoms with Crippen LogP contribution in [0.1, 0.15) is 32.6 Å². The van der Waals surface area contributed by atoms with Crippen LogP contribution in [0.2, 0.25) is 0 Å². The first-order valence-electron chi connectivity index (χ1n) is 7.48. The monoisotopic (exact) mass is 264 g/mol. The third-order valence-electron chi connectivity index (χ3n) is 4.55. The molecule has 0 saturated heterocycles. The Hall–Kier alpha value is -0.870. The molecule has 108 valence electrons. The smallest absolute Gasteiger partial charge is 0.0533 e. The van der Waals surface area contributed by atoms with Crippen molar-refractivity contribution < 1.29 is 0 Å². The molecular formula is C15H28N4. The van der Waals surface area contributed by atoms with Gasteiger partial charge in [-0.15, -0.1) is 0 Å². The Balaban J connectivity index is 1.80. The number of nitrogens with zero attached hydrogens (tertiary/aromatic N) is 3. The van der Waals surface area contributed by atoms with Gasteiger partial charge in [-0.3, -0.25) is 4.68 Å². The van der Waals surface area contributed by atoms with Gasteiger partial charge in [-0.2, -0.15) is 5.10 Å². The van der Waals surface area contributed by atoms with Crippen molar-refractivity contribution in [1.82, 2.24) is 20.0 Å². The average molecular weight is 264 g/mol. The molecule has 2 atom stereocenters. The Kier molecular flexibility index (Phi) is 4.99. The Labute approximate surface area is 117 Å². The summed E-state index contributed by atoms with van der Waals surface area (Å²) in [4.78, 5) is 2.43. The second-order valence-electron chi connectivity index (χ2n) is 6.27. The zero-order chi connectivity index (χ0) is 13.7. The van der Waals surface area contributed by atoms with Gasteiger partial charge in [0.25, 0.3) is 0 Å². The molecule has 1 heterocycles. The highest BCUT2D eigenvalue weighted by molar-refractivity contribution is 4.94. The van der Waals surface area contributed by atoms with Crippen LogP contribution >= 0.6 is 0 Å². The van der Waals surface area contributed by atoms with E-state index >= 15 is 0 Å². The molecule has 2 unspecified atom stereocenters. The van der Waals surface area contributed by atoms with Gasteiger partial charge in [-0.1, -0.05) is 19.8 Å². The van der Waals surface area contributed by atoms with Gasteiger partial charge in [-0.25, -0.2) is 0 Å². The molecule has 0 bridgehead atoms. The fourth-order valence-corrected chi connectivity index (χ4v) is 3.30. The fourth-order valence-electron chi connectivity index (χ4n) is 3.30. The summed E-state index contributed by atoms with van der Waals surface area (Å²) < 4.78 is 1.98. The third kappa shape index (κ3) is 3.80. The Morgan fingerprint density at radius 2 is 2.32 bits per heavy atom. The minimum absolute atomic E-state index is 0.349. The second-order valence-corrected chi connectivity index (χ2v) is 6.27. The molecule has 1 fully saturated rings. The Bertz CT molecular complexity index is 360. The molecule has 4 heteroatoms. The lowest BCUT2D eigenvalue weighted by atomic mass is 9.75. The van der Waals surface area contributed by atoms with Crippen LogP contribution in [-0.4, -0.2) is 47.4 Å². The molecule has 1 aliphatic rings. The molecule has 2 rings (SSSR count). The second kappa shape index (κ2) is 6.53. The first kappa shape index (κ1) is 14.5. The molecule has 1 N–H and O–H groups in total. The fraction of sp³-hybridized carbons (Fsp3) is 0.800. The molecule has 0 aromatic carbocycles. The number of hydrogen-bond acceptors (Lipinski definition) is 3. The minimum Gasteiger partial charge on any atom is -0.313 e. The highest BCUT2D eigenvalue weighted by Crippen LogP contribution is 2.35. The summed E-state index contributed by atoms with van der Waals surface area (Å²) in [6.45, 7) is 5.42. The van der Waals surface area contributed by atoms with Crippen LogP contribution in [0, 0.1) is 5.92 Å². The SMILES string of the molecule is CC1CCCC(CNCCn2cccn2)(N(C)C)C1. The van der Waals surface area contributed by atoms with E-state index in [1.807, 2.05) is 23.1 Å². The standard InChI is InChI=1S/C15H28N4/c1-14-6-4-7-15(12-14,18(2)3)13-16-9-11-19-10-5-8-17-19/h5,8,10,14,16H,4,6-7,9,11-13H2,1-3H3. The van der Waals surface area contributed by atoms with Gasteiger partial charge < -0.3 is 10.2 Å². The van der Waals surface area contributed by atoms with Gasteiger partial charge in [0.15, 0.2) is 0 Å². The average Bonchev–Trinajstić information content (AvgIpc) is 2.87. The lowest BCUT2D eigenvalue weighted by Crippen LogP contribution is -2.54. The number of hydrogen-bond donors (Lipinski definition) is 1. The molecular weight excluding hydrogens is 236 g/mol. The maximum atomic E-state index is 4.23. The molecule has 19 heavy (non-hydrogen) atoms. The van der Waals surface area contributed by atoms with Gasteiger partial charge in [-0.05, 0) is 38.9 Å². The predicted molar refractivity (Wildman–Crippen MR) is 79.1 cm³/mol. The quantitative estimate of drug-likeness (QED) is 0.798. The normalized spacial score (nSPS) is 27.9. The zero-order valence-electron chi connectivity index (χ0n) is 12.6. The predicted octanol–water partition coefficient (Wildman–Crippen LogP) is 1.98. The van der Waals surface area contributed by atoms with E-state index in [0.717, 1.165) is 25.6 Å². The van der Waals surface area contributed by atoms with Crippen LogP contribution < -0.4 is 5.32 Å². The van der Waals surface area contributed by atoms with E-state index < -0.39 is 0 Å². The molecule has 1 aromatic rings. The summed E-state index contributed by atoms with van der Waals surface area (Å²) in [7, 11) is 4.46. The van der Waals surface area contributed by atoms with Gasteiger partial charge in [0.05, 0.1) is 6.54 Å². The number of aromatic nitrogens is 2. The highest BCUT2D eigenvalue weighted by atomic mass is 15.3. The highest BCUT2D eigenvalue weighted by Gasteiger charge is 2.36. The van der Waals surface area contributed by atoms with Crippen molar-refractivity contribution in [2.45, 2.75) is 44.7 Å². The molecule has 1 aliphatic carbocycles. The lowest BCUT2D eigenvalue weighted by molar-refractivity contribution is 0.0751. The van der Waals surface area contributed by atoms with Gasteiger partial charge >= 0.3 is 0 Å². The van der Waals surface area contributed by atoms with Crippen molar-refractivity contribution in [1.29, 1.82) is 0 Å². The van der Waals surface area contributed by atoms with Crippen molar-refractivity contribution in [3.63, 3.8) is 0 Å². The first-order chi connectivity index (χ1) is 9.12. The van der Waals surface area contributed by atoms with Crippen LogP contribution in [0.3, 0.4) is 0 Å². The summed E-state index contributed by atoms with van der Waals surface area (Å²) in [5.74, 6) is 0.851. The summed E-state index contributed by atoms with van der Waals surface area (Å²) in [5.41, 5.74) is 0.349. The maximum absolute atomic E-state index is 4.23. The topological polar surface area (TPSA) is 33.1 Å². The molecule has 0 aliphatic heterocycles. The van der Waals surface area contributed by atoms with Gasteiger partial charge in [0, 0.05) is 31.0 Å². The molecule has 0 spiro atoms. The van der Waals surface area contributed by atoms with Crippen molar-refractivity contribution in [3.05, 3.63) is 18.5 Å². The van der Waals surface area contributed by atoms with Crippen LogP contribution in [0.4, 0.5) is 0 Å². The van der Waals surface area contributed by atoms with E-state index in [0.29, 0.717) is 5.54 Å². The molecule has 0 amide bonds. The van der Waals surface area contributed by atoms with Crippen molar-refractivity contribution in [3.8, 4) is 0 Å². The van der Waals surface area contributed by atoms with E-state index in [2.05, 4.69) is 36.3 Å². The van der Waals surface area contributed by atoms with Crippen LogP contribution in [0.5, 0.6) is 0 Å². The molecule has 0 radical (unpaired) electrons. The van der Waals surface area contributed by atoms with Crippen LogP contribution in [0.15, 0.2) is 18.5 Å². The van der Waals surface area contributed by atoms with E-state index in [-0.39, 0.29) is 0 Å². The van der Waals surface area contributed by atoms with E-state index in [1.54, 1.807) is 0 Å². The van der Waals surface area contributed by atoms with E-state index in [9.17, 15) is 0 Å². The minimum atomic E-state index is 0.349. The number of rotatable bonds is 6. The Morgan fingerprint density at radius 1 is 1.47 bits per heavy atom. The van der Waals surface area contributed by atoms with Crippen molar-refractivity contribution >= 4 is 0 Å². The van der Waals surface area contributed by atoms with Crippen LogP contribution in [-0.2, 0) is 6.54 Å². The molecule has 4 nitrogen and oxygen atoms in total. The van der Waals surface area contributed by atoms with E-state index in [4.69, 9.17) is 0 Å². The molecule has 1 aromatic heterocycles. The summed E-state index contributed by atoms with van der Waals surface area (Å²) in [6.07, 6.45) is 9.24. The lowest BCUT2D eigenvalue weighted by Gasteiger charge is -2.45. The summed E-state index contributed by atoms with van der Waals surface area (Å²) >= 11 is 0. The maximum Gasteiger partial charge on any atom is 0.0533 e. The largest absolute Gasteiger partial charge is 0.313 e. The molecule has 1 saturated carbocycles. The zero-order valence-corrected chi connectivity index (χ0v) is 12.6.